The molecule has 0 saturated carbocycles. The van der Waals surface area contributed by atoms with E-state index < -0.39 is 36.3 Å². The van der Waals surface area contributed by atoms with Crippen molar-refractivity contribution in [2.45, 2.75) is 25.9 Å². The smallest absolute Gasteiger partial charge is 0.322 e. The van der Waals surface area contributed by atoms with Gasteiger partial charge in [-0.15, -0.1) is 0 Å². The second-order valence-electron chi connectivity index (χ2n) is 8.92. The minimum atomic E-state index is -1.24. The third kappa shape index (κ3) is 5.85. The molecular formula is C28H26ClN3O6. The standard InChI is InChI=1S/C28H26ClN3O6/c1-16-5-2-3-6-19(16)27(37)31-22-10-8-17(13-20(22)26(36)30-15-25(34)35)28(38)32-12-4-7-24(33)21-14-18(29)9-11-23(21)32/h2-3,5-6,8-11,13-14,24,33H,4,7,12,15H2,1H3,(H,30,36)(H,31,37)(H,34,35). The number of carbonyl (C=O) groups is 4. The number of aliphatic hydroxyl groups is 1. The predicted molar refractivity (Wildman–Crippen MR) is 143 cm³/mol. The highest BCUT2D eigenvalue weighted by Crippen LogP contribution is 2.35. The number of amides is 3. The van der Waals surface area contributed by atoms with E-state index in [2.05, 4.69) is 10.6 Å². The lowest BCUT2D eigenvalue weighted by Crippen LogP contribution is -2.33. The van der Waals surface area contributed by atoms with Crippen molar-refractivity contribution in [3.8, 4) is 0 Å². The summed E-state index contributed by atoms with van der Waals surface area (Å²) in [6, 6.07) is 16.1. The van der Waals surface area contributed by atoms with Gasteiger partial charge in [-0.05, 0) is 67.8 Å². The topological polar surface area (TPSA) is 136 Å². The molecule has 3 aromatic rings. The Bertz CT molecular complexity index is 1420. The van der Waals surface area contributed by atoms with Crippen molar-refractivity contribution in [2.24, 2.45) is 0 Å². The maximum atomic E-state index is 13.6. The van der Waals surface area contributed by atoms with Crippen molar-refractivity contribution in [3.63, 3.8) is 0 Å². The number of hydrogen-bond donors (Lipinski definition) is 4. The van der Waals surface area contributed by atoms with E-state index in [9.17, 15) is 24.3 Å². The summed E-state index contributed by atoms with van der Waals surface area (Å²) < 4.78 is 0. The lowest BCUT2D eigenvalue weighted by molar-refractivity contribution is -0.135. The molecule has 3 aromatic carbocycles. The van der Waals surface area contributed by atoms with Crippen molar-refractivity contribution >= 4 is 46.7 Å². The number of rotatable bonds is 6. The summed E-state index contributed by atoms with van der Waals surface area (Å²) in [7, 11) is 0. The van der Waals surface area contributed by atoms with Gasteiger partial charge in [0.2, 0.25) is 0 Å². The maximum Gasteiger partial charge on any atom is 0.322 e. The van der Waals surface area contributed by atoms with Gasteiger partial charge in [-0.25, -0.2) is 0 Å². The summed E-state index contributed by atoms with van der Waals surface area (Å²) in [6.07, 6.45) is 0.206. The number of benzene rings is 3. The summed E-state index contributed by atoms with van der Waals surface area (Å²) >= 11 is 6.12. The van der Waals surface area contributed by atoms with Gasteiger partial charge < -0.3 is 25.7 Å². The van der Waals surface area contributed by atoms with Gasteiger partial charge >= 0.3 is 5.97 Å². The third-order valence-corrected chi connectivity index (χ3v) is 6.53. The average Bonchev–Trinajstić information content (AvgIpc) is 3.05. The first-order valence-electron chi connectivity index (χ1n) is 12.0. The second kappa shape index (κ2) is 11.5. The van der Waals surface area contributed by atoms with E-state index in [0.717, 1.165) is 5.56 Å². The van der Waals surface area contributed by atoms with Crippen LogP contribution in [0.25, 0.3) is 0 Å². The first-order valence-corrected chi connectivity index (χ1v) is 12.3. The molecule has 4 rings (SSSR count). The zero-order valence-electron chi connectivity index (χ0n) is 20.5. The summed E-state index contributed by atoms with van der Waals surface area (Å²) in [5, 5.41) is 25.0. The van der Waals surface area contributed by atoms with E-state index in [1.54, 1.807) is 49.4 Å². The molecule has 9 nitrogen and oxygen atoms in total. The van der Waals surface area contributed by atoms with Crippen LogP contribution in [0.5, 0.6) is 0 Å². The molecule has 1 atom stereocenters. The lowest BCUT2D eigenvalue weighted by atomic mass is 10.0. The number of fused-ring (bicyclic) bond motifs is 1. The zero-order chi connectivity index (χ0) is 27.4. The number of aliphatic carboxylic acids is 1. The monoisotopic (exact) mass is 535 g/mol. The Morgan fingerprint density at radius 3 is 2.50 bits per heavy atom. The first-order chi connectivity index (χ1) is 18.2. The third-order valence-electron chi connectivity index (χ3n) is 6.29. The molecule has 196 valence electrons. The Kier molecular flexibility index (Phi) is 8.09. The SMILES string of the molecule is Cc1ccccc1C(=O)Nc1ccc(C(=O)N2CCCC(O)c3cc(Cl)ccc32)cc1C(=O)NCC(=O)O. The van der Waals surface area contributed by atoms with Crippen LogP contribution in [0, 0.1) is 6.92 Å². The average molecular weight is 536 g/mol. The molecular weight excluding hydrogens is 510 g/mol. The van der Waals surface area contributed by atoms with Crippen LogP contribution in [-0.2, 0) is 4.79 Å². The summed E-state index contributed by atoms with van der Waals surface area (Å²) in [6.45, 7) is 1.47. The Balaban J connectivity index is 1.71. The van der Waals surface area contributed by atoms with E-state index >= 15 is 0 Å². The fourth-order valence-corrected chi connectivity index (χ4v) is 4.55. The molecule has 38 heavy (non-hydrogen) atoms. The number of aliphatic hydroxyl groups excluding tert-OH is 1. The summed E-state index contributed by atoms with van der Waals surface area (Å²) in [4.78, 5) is 52.1. The van der Waals surface area contributed by atoms with Crippen LogP contribution >= 0.6 is 11.6 Å². The highest BCUT2D eigenvalue weighted by Gasteiger charge is 2.28. The van der Waals surface area contributed by atoms with E-state index in [1.807, 2.05) is 0 Å². The van der Waals surface area contributed by atoms with E-state index in [1.165, 1.54) is 23.1 Å². The number of carbonyl (C=O) groups excluding carboxylic acids is 3. The number of hydrogen-bond acceptors (Lipinski definition) is 5. The zero-order valence-corrected chi connectivity index (χ0v) is 21.3. The van der Waals surface area contributed by atoms with Crippen LogP contribution in [0.2, 0.25) is 5.02 Å². The Morgan fingerprint density at radius 1 is 1.00 bits per heavy atom. The van der Waals surface area contributed by atoms with Crippen LogP contribution in [0.1, 0.15) is 61.1 Å². The number of aryl methyl sites for hydroxylation is 1. The Morgan fingerprint density at radius 2 is 1.76 bits per heavy atom. The minimum absolute atomic E-state index is 0.0646. The molecule has 10 heteroatoms. The molecule has 1 unspecified atom stereocenters. The Labute approximate surface area is 224 Å². The van der Waals surface area contributed by atoms with Gasteiger partial charge in [-0.2, -0.15) is 0 Å². The molecule has 0 aliphatic carbocycles. The van der Waals surface area contributed by atoms with Gasteiger partial charge in [-0.1, -0.05) is 29.8 Å². The van der Waals surface area contributed by atoms with Crippen molar-refractivity contribution in [1.82, 2.24) is 5.32 Å². The highest BCUT2D eigenvalue weighted by atomic mass is 35.5. The van der Waals surface area contributed by atoms with Gasteiger partial charge in [0.15, 0.2) is 0 Å². The van der Waals surface area contributed by atoms with Crippen molar-refractivity contribution in [2.75, 3.05) is 23.3 Å². The van der Waals surface area contributed by atoms with Crippen molar-refractivity contribution in [1.29, 1.82) is 0 Å². The van der Waals surface area contributed by atoms with E-state index in [4.69, 9.17) is 16.7 Å². The molecule has 3 amide bonds. The predicted octanol–water partition coefficient (Wildman–Crippen LogP) is 4.19. The number of halogens is 1. The highest BCUT2D eigenvalue weighted by molar-refractivity contribution is 6.30. The first kappa shape index (κ1) is 26.8. The molecule has 0 radical (unpaired) electrons. The maximum absolute atomic E-state index is 13.6. The number of nitrogens with one attached hydrogen (secondary N) is 2. The van der Waals surface area contributed by atoms with Gasteiger partial charge in [0.1, 0.15) is 6.54 Å². The lowest BCUT2D eigenvalue weighted by Gasteiger charge is -2.24. The molecule has 0 aromatic heterocycles. The summed E-state index contributed by atoms with van der Waals surface area (Å²) in [5.74, 6) is -2.89. The molecule has 1 heterocycles. The molecule has 1 aliphatic rings. The van der Waals surface area contributed by atoms with Crippen LogP contribution in [0.4, 0.5) is 11.4 Å². The van der Waals surface area contributed by atoms with E-state index in [0.29, 0.717) is 41.2 Å². The largest absolute Gasteiger partial charge is 0.480 e. The quantitative estimate of drug-likeness (QED) is 0.374. The van der Waals surface area contributed by atoms with E-state index in [-0.39, 0.29) is 16.8 Å². The molecule has 0 spiro atoms. The van der Waals surface area contributed by atoms with Crippen LogP contribution in [-0.4, -0.2) is 47.0 Å². The molecule has 1 aliphatic heterocycles. The van der Waals surface area contributed by atoms with Gasteiger partial charge in [-0.3, -0.25) is 19.2 Å². The second-order valence-corrected chi connectivity index (χ2v) is 9.36. The summed E-state index contributed by atoms with van der Waals surface area (Å²) in [5.41, 5.74) is 2.39. The Hall–Kier alpha value is -4.21. The van der Waals surface area contributed by atoms with Crippen LogP contribution in [0.3, 0.4) is 0 Å². The molecule has 0 bridgehead atoms. The van der Waals surface area contributed by atoms with Crippen molar-refractivity contribution < 1.29 is 29.4 Å². The number of carboxylic acid groups (broad SMARTS) is 1. The van der Waals surface area contributed by atoms with Gasteiger partial charge in [0, 0.05) is 33.9 Å². The normalized spacial score (nSPS) is 14.7. The molecule has 0 fully saturated rings. The number of carboxylic acids is 1. The van der Waals surface area contributed by atoms with Gasteiger partial charge in [0.05, 0.1) is 17.4 Å². The molecule has 4 N–H and O–H groups in total. The van der Waals surface area contributed by atoms with Crippen LogP contribution < -0.4 is 15.5 Å². The van der Waals surface area contributed by atoms with Crippen molar-refractivity contribution in [3.05, 3.63) is 93.5 Å². The molecule has 0 saturated heterocycles. The minimum Gasteiger partial charge on any atom is -0.480 e. The fraction of sp³-hybridized carbons (Fsp3) is 0.214. The number of anilines is 2. The number of nitrogens with zero attached hydrogens (tertiary/aromatic N) is 1. The van der Waals surface area contributed by atoms with Crippen LogP contribution in [0.15, 0.2) is 60.7 Å². The van der Waals surface area contributed by atoms with Gasteiger partial charge in [0.25, 0.3) is 17.7 Å². The fourth-order valence-electron chi connectivity index (χ4n) is 4.37.